The number of nitrogens with one attached hydrogen (secondary N) is 1. The molecule has 65 valence electrons. The molecule has 0 bridgehead atoms. The van der Waals surface area contributed by atoms with E-state index in [9.17, 15) is 9.18 Å². The molecule has 0 aliphatic rings. The fraction of sp³-hybridized carbons (Fsp3) is 0.875. The average Bonchev–Trinajstić information content (AvgIpc) is 1.96. The number of halogens is 1. The van der Waals surface area contributed by atoms with Crippen LogP contribution in [0.25, 0.3) is 0 Å². The number of rotatable bonds is 7. The van der Waals surface area contributed by atoms with Crippen LogP contribution in [0.15, 0.2) is 0 Å². The molecule has 1 radical (unpaired) electrons. The normalized spacial score (nSPS) is 9.91. The third-order valence-electron chi connectivity index (χ3n) is 1.54. The van der Waals surface area contributed by atoms with Crippen LogP contribution in [0.2, 0.25) is 0 Å². The summed E-state index contributed by atoms with van der Waals surface area (Å²) in [5, 5.41) is 0. The fourth-order valence-corrected chi connectivity index (χ4v) is 0.910. The molecule has 3 heteroatoms. The molecule has 0 saturated carbocycles. The van der Waals surface area contributed by atoms with Crippen LogP contribution in [0.4, 0.5) is 4.39 Å². The average molecular weight is 160 g/mol. The summed E-state index contributed by atoms with van der Waals surface area (Å²) in [6.45, 7) is -0.239. The Balaban J connectivity index is 2.85. The fourth-order valence-electron chi connectivity index (χ4n) is 0.910. The van der Waals surface area contributed by atoms with Crippen molar-refractivity contribution in [3.63, 3.8) is 0 Å². The van der Waals surface area contributed by atoms with Crippen LogP contribution in [0.3, 0.4) is 0 Å². The van der Waals surface area contributed by atoms with Gasteiger partial charge in [-0.05, 0) is 12.8 Å². The van der Waals surface area contributed by atoms with Gasteiger partial charge in [0.05, 0.1) is 6.67 Å². The van der Waals surface area contributed by atoms with Gasteiger partial charge in [-0.25, -0.2) is 0 Å². The number of carbonyl (C=O) groups is 1. The molecular weight excluding hydrogens is 145 g/mol. The molecule has 11 heavy (non-hydrogen) atoms. The number of hydrogen-bond acceptors (Lipinski definition) is 1. The lowest BCUT2D eigenvalue weighted by Gasteiger charge is -1.96. The molecule has 0 fully saturated rings. The molecule has 0 unspecified atom stereocenters. The quantitative estimate of drug-likeness (QED) is 0.526. The maximum atomic E-state index is 11.5. The van der Waals surface area contributed by atoms with Crippen LogP contribution in [-0.2, 0) is 4.79 Å². The predicted molar refractivity (Wildman–Crippen MR) is 41.8 cm³/mol. The molecule has 0 aromatic carbocycles. The van der Waals surface area contributed by atoms with E-state index in [2.05, 4.69) is 0 Å². The van der Waals surface area contributed by atoms with Crippen molar-refractivity contribution in [1.29, 1.82) is 0 Å². The summed E-state index contributed by atoms with van der Waals surface area (Å²) < 4.78 is 11.5. The lowest BCUT2D eigenvalue weighted by atomic mass is 10.1. The highest BCUT2D eigenvalue weighted by Gasteiger charge is 1.94. The van der Waals surface area contributed by atoms with Gasteiger partial charge in [0.1, 0.15) is 0 Å². The van der Waals surface area contributed by atoms with Gasteiger partial charge in [0.15, 0.2) is 0 Å². The van der Waals surface area contributed by atoms with Crippen LogP contribution in [0.1, 0.15) is 38.5 Å². The van der Waals surface area contributed by atoms with E-state index in [0.717, 1.165) is 25.7 Å². The lowest BCUT2D eigenvalue weighted by Crippen LogP contribution is -1.96. The SMILES string of the molecule is [NH]C(=O)CCCCCCCF. The van der Waals surface area contributed by atoms with E-state index < -0.39 is 5.91 Å². The topological polar surface area (TPSA) is 40.9 Å². The lowest BCUT2D eigenvalue weighted by molar-refractivity contribution is -0.118. The van der Waals surface area contributed by atoms with Crippen molar-refractivity contribution in [3.05, 3.63) is 0 Å². The van der Waals surface area contributed by atoms with Crippen molar-refractivity contribution >= 4 is 5.91 Å². The first-order valence-corrected chi connectivity index (χ1v) is 4.07. The van der Waals surface area contributed by atoms with Crippen molar-refractivity contribution < 1.29 is 9.18 Å². The molecule has 0 saturated heterocycles. The van der Waals surface area contributed by atoms with E-state index in [0.29, 0.717) is 12.8 Å². The highest BCUT2D eigenvalue weighted by Crippen LogP contribution is 2.04. The first-order chi connectivity index (χ1) is 5.27. The second-order valence-corrected chi connectivity index (χ2v) is 2.63. The zero-order chi connectivity index (χ0) is 8.53. The molecule has 0 aromatic heterocycles. The standard InChI is InChI=1S/C8H15FNO/c9-7-5-3-1-2-4-6-8(10)11/h10H,1-7H2. The number of amides is 1. The maximum absolute atomic E-state index is 11.5. The van der Waals surface area contributed by atoms with Gasteiger partial charge in [-0.3, -0.25) is 14.9 Å². The Morgan fingerprint density at radius 3 is 2.18 bits per heavy atom. The van der Waals surface area contributed by atoms with Crippen LogP contribution >= 0.6 is 0 Å². The summed E-state index contributed by atoms with van der Waals surface area (Å²) in [4.78, 5) is 10.1. The minimum atomic E-state index is -0.490. The summed E-state index contributed by atoms with van der Waals surface area (Å²) >= 11 is 0. The van der Waals surface area contributed by atoms with Crippen molar-refractivity contribution in [3.8, 4) is 0 Å². The van der Waals surface area contributed by atoms with Gasteiger partial charge in [-0.2, -0.15) is 0 Å². The van der Waals surface area contributed by atoms with Crippen molar-refractivity contribution in [1.82, 2.24) is 5.73 Å². The second kappa shape index (κ2) is 7.51. The molecular formula is C8H15FNO. The Morgan fingerprint density at radius 1 is 1.09 bits per heavy atom. The van der Waals surface area contributed by atoms with Gasteiger partial charge in [0.25, 0.3) is 0 Å². The molecule has 0 aliphatic carbocycles. The van der Waals surface area contributed by atoms with Crippen LogP contribution < -0.4 is 5.73 Å². The van der Waals surface area contributed by atoms with E-state index >= 15 is 0 Å². The number of carbonyl (C=O) groups excluding carboxylic acids is 1. The Labute approximate surface area is 67.0 Å². The number of unbranched alkanes of at least 4 members (excludes halogenated alkanes) is 4. The number of hydrogen-bond donors (Lipinski definition) is 0. The monoisotopic (exact) mass is 160 g/mol. The summed E-state index contributed by atoms with van der Waals surface area (Å²) in [5.41, 5.74) is 6.60. The molecule has 0 aromatic rings. The van der Waals surface area contributed by atoms with Crippen LogP contribution in [0, 0.1) is 0 Å². The van der Waals surface area contributed by atoms with Gasteiger partial charge in [0, 0.05) is 6.42 Å². The molecule has 0 heterocycles. The minimum absolute atomic E-state index is 0.239. The summed E-state index contributed by atoms with van der Waals surface area (Å²) in [7, 11) is 0. The molecule has 1 N–H and O–H groups in total. The van der Waals surface area contributed by atoms with Crippen LogP contribution in [-0.4, -0.2) is 12.6 Å². The zero-order valence-corrected chi connectivity index (χ0v) is 6.74. The minimum Gasteiger partial charge on any atom is -0.273 e. The molecule has 0 rings (SSSR count). The highest BCUT2D eigenvalue weighted by molar-refractivity contribution is 5.72. The first-order valence-electron chi connectivity index (χ1n) is 4.07. The van der Waals surface area contributed by atoms with Gasteiger partial charge in [-0.15, -0.1) is 0 Å². The van der Waals surface area contributed by atoms with Crippen molar-refractivity contribution in [2.75, 3.05) is 6.67 Å². The Kier molecular flexibility index (Phi) is 7.10. The van der Waals surface area contributed by atoms with E-state index in [4.69, 9.17) is 5.73 Å². The Hall–Kier alpha value is -0.600. The van der Waals surface area contributed by atoms with Crippen molar-refractivity contribution in [2.24, 2.45) is 0 Å². The molecule has 0 atom stereocenters. The van der Waals surface area contributed by atoms with Gasteiger partial charge >= 0.3 is 0 Å². The maximum Gasteiger partial charge on any atom is 0.238 e. The second-order valence-electron chi connectivity index (χ2n) is 2.63. The van der Waals surface area contributed by atoms with Gasteiger partial charge < -0.3 is 0 Å². The summed E-state index contributed by atoms with van der Waals surface area (Å²) in [5.74, 6) is -0.490. The zero-order valence-electron chi connectivity index (χ0n) is 6.74. The predicted octanol–water partition coefficient (Wildman–Crippen LogP) is 2.11. The Morgan fingerprint density at radius 2 is 1.64 bits per heavy atom. The highest BCUT2D eigenvalue weighted by atomic mass is 19.1. The van der Waals surface area contributed by atoms with Crippen molar-refractivity contribution in [2.45, 2.75) is 38.5 Å². The molecule has 0 spiro atoms. The van der Waals surface area contributed by atoms with Gasteiger partial charge in [0.2, 0.25) is 5.91 Å². The third kappa shape index (κ3) is 9.40. The molecule has 1 amide bonds. The smallest absolute Gasteiger partial charge is 0.238 e. The molecule has 2 nitrogen and oxygen atoms in total. The van der Waals surface area contributed by atoms with Crippen LogP contribution in [0.5, 0.6) is 0 Å². The van der Waals surface area contributed by atoms with E-state index in [1.54, 1.807) is 0 Å². The van der Waals surface area contributed by atoms with Gasteiger partial charge in [-0.1, -0.05) is 19.3 Å². The number of alkyl halides is 1. The van der Waals surface area contributed by atoms with E-state index in [1.807, 2.05) is 0 Å². The van der Waals surface area contributed by atoms with E-state index in [-0.39, 0.29) is 6.67 Å². The Bertz CT molecular complexity index is 106. The third-order valence-corrected chi connectivity index (χ3v) is 1.54. The largest absolute Gasteiger partial charge is 0.273 e. The summed E-state index contributed by atoms with van der Waals surface area (Å²) in [6, 6.07) is 0. The van der Waals surface area contributed by atoms with E-state index in [1.165, 1.54) is 0 Å². The first kappa shape index (κ1) is 10.4. The molecule has 0 aliphatic heterocycles. The summed E-state index contributed by atoms with van der Waals surface area (Å²) in [6.07, 6.45) is 4.61.